The maximum atomic E-state index is 11.7. The smallest absolute Gasteiger partial charge is 0.324 e. The zero-order valence-electron chi connectivity index (χ0n) is 9.55. The molecule has 0 unspecified atom stereocenters. The molecule has 1 aliphatic rings. The molecule has 0 amide bonds. The predicted molar refractivity (Wildman–Crippen MR) is 54.1 cm³/mol. The minimum absolute atomic E-state index is 0.279. The summed E-state index contributed by atoms with van der Waals surface area (Å²) in [7, 11) is 1.26. The van der Waals surface area contributed by atoms with Crippen molar-refractivity contribution in [2.24, 2.45) is 5.41 Å². The number of esters is 2. The molecular weight excluding hydrogens is 196 g/mol. The molecule has 0 spiro atoms. The van der Waals surface area contributed by atoms with Crippen molar-refractivity contribution in [1.29, 1.82) is 0 Å². The van der Waals surface area contributed by atoms with E-state index in [4.69, 9.17) is 4.74 Å². The van der Waals surface area contributed by atoms with Crippen molar-refractivity contribution >= 4 is 11.9 Å². The van der Waals surface area contributed by atoms with E-state index in [0.29, 0.717) is 0 Å². The van der Waals surface area contributed by atoms with E-state index in [0.717, 1.165) is 5.57 Å². The predicted octanol–water partition coefficient (Wildman–Crippen LogP) is 1.45. The van der Waals surface area contributed by atoms with E-state index in [2.05, 4.69) is 11.3 Å². The molecule has 0 aromatic carbocycles. The number of carbonyl (C=O) groups is 2. The zero-order valence-corrected chi connectivity index (χ0v) is 9.55. The normalized spacial score (nSPS) is 34.8. The summed E-state index contributed by atoms with van der Waals surface area (Å²) in [6, 6.07) is 0. The highest BCUT2D eigenvalue weighted by Gasteiger charge is 2.57. The van der Waals surface area contributed by atoms with Crippen LogP contribution in [0.3, 0.4) is 0 Å². The maximum absolute atomic E-state index is 11.7. The topological polar surface area (TPSA) is 52.6 Å². The Morgan fingerprint density at radius 1 is 1.53 bits per heavy atom. The summed E-state index contributed by atoms with van der Waals surface area (Å²) in [5.41, 5.74) is -1.24. The van der Waals surface area contributed by atoms with Crippen molar-refractivity contribution in [2.45, 2.75) is 32.8 Å². The van der Waals surface area contributed by atoms with Gasteiger partial charge in [0.1, 0.15) is 5.60 Å². The third-order valence-corrected chi connectivity index (χ3v) is 3.00. The summed E-state index contributed by atoms with van der Waals surface area (Å²) in [5.74, 6) is -1.10. The molecule has 1 saturated heterocycles. The van der Waals surface area contributed by atoms with Crippen LogP contribution in [0.15, 0.2) is 12.2 Å². The monoisotopic (exact) mass is 212 g/mol. The minimum Gasteiger partial charge on any atom is -0.468 e. The van der Waals surface area contributed by atoms with Gasteiger partial charge in [0.15, 0.2) is 5.41 Å². The summed E-state index contributed by atoms with van der Waals surface area (Å²) >= 11 is 0. The van der Waals surface area contributed by atoms with Crippen LogP contribution in [0.2, 0.25) is 0 Å². The fourth-order valence-electron chi connectivity index (χ4n) is 1.72. The third kappa shape index (κ3) is 1.64. The first kappa shape index (κ1) is 11.8. The van der Waals surface area contributed by atoms with Gasteiger partial charge in [-0.3, -0.25) is 9.59 Å². The molecule has 0 aromatic heterocycles. The van der Waals surface area contributed by atoms with Gasteiger partial charge < -0.3 is 9.47 Å². The molecule has 4 nitrogen and oxygen atoms in total. The van der Waals surface area contributed by atoms with Gasteiger partial charge in [-0.25, -0.2) is 0 Å². The Morgan fingerprint density at radius 3 is 2.40 bits per heavy atom. The Hall–Kier alpha value is -1.32. The van der Waals surface area contributed by atoms with E-state index in [9.17, 15) is 9.59 Å². The van der Waals surface area contributed by atoms with Gasteiger partial charge in [-0.15, -0.1) is 0 Å². The van der Waals surface area contributed by atoms with E-state index in [1.165, 1.54) is 14.0 Å². The highest BCUT2D eigenvalue weighted by molar-refractivity contribution is 6.01. The minimum atomic E-state index is -1.21. The first-order valence-corrected chi connectivity index (χ1v) is 4.74. The van der Waals surface area contributed by atoms with Gasteiger partial charge in [0.05, 0.1) is 7.11 Å². The summed E-state index contributed by atoms with van der Waals surface area (Å²) in [6.45, 7) is 8.83. The van der Waals surface area contributed by atoms with Gasteiger partial charge >= 0.3 is 11.9 Å². The summed E-state index contributed by atoms with van der Waals surface area (Å²) < 4.78 is 9.82. The van der Waals surface area contributed by atoms with Crippen LogP contribution in [0, 0.1) is 5.41 Å². The van der Waals surface area contributed by atoms with E-state index in [1.807, 2.05) is 0 Å². The van der Waals surface area contributed by atoms with Crippen molar-refractivity contribution in [2.75, 3.05) is 7.11 Å². The van der Waals surface area contributed by atoms with Gasteiger partial charge in [0, 0.05) is 6.42 Å². The van der Waals surface area contributed by atoms with E-state index in [1.54, 1.807) is 13.8 Å². The quantitative estimate of drug-likeness (QED) is 0.395. The Bertz CT molecular complexity index is 333. The third-order valence-electron chi connectivity index (χ3n) is 3.00. The zero-order chi connectivity index (χ0) is 11.9. The van der Waals surface area contributed by atoms with Crippen molar-refractivity contribution in [3.63, 3.8) is 0 Å². The molecule has 15 heavy (non-hydrogen) atoms. The standard InChI is InChI=1S/C11H16O4/c1-7(2)11(4)6-10(3,8(12)14-5)9(13)15-11/h1,6H2,2-5H3/t10-,11+/m0/s1. The number of rotatable bonds is 2. The molecular formula is C11H16O4. The molecule has 1 aliphatic heterocycles. The number of ether oxygens (including phenoxy) is 2. The molecule has 2 atom stereocenters. The fourth-order valence-corrected chi connectivity index (χ4v) is 1.72. The van der Waals surface area contributed by atoms with Crippen LogP contribution in [-0.2, 0) is 19.1 Å². The number of methoxy groups -OCH3 is 1. The first-order valence-electron chi connectivity index (χ1n) is 4.74. The van der Waals surface area contributed by atoms with Crippen molar-refractivity contribution < 1.29 is 19.1 Å². The molecule has 1 fully saturated rings. The van der Waals surface area contributed by atoms with Crippen LogP contribution in [-0.4, -0.2) is 24.6 Å². The van der Waals surface area contributed by atoms with Crippen LogP contribution < -0.4 is 0 Å². The van der Waals surface area contributed by atoms with Gasteiger partial charge in [-0.1, -0.05) is 6.58 Å². The van der Waals surface area contributed by atoms with E-state index < -0.39 is 23.0 Å². The average molecular weight is 212 g/mol. The highest BCUT2D eigenvalue weighted by atomic mass is 16.6. The Labute approximate surface area is 89.2 Å². The summed E-state index contributed by atoms with van der Waals surface area (Å²) in [4.78, 5) is 23.2. The molecule has 0 radical (unpaired) electrons. The maximum Gasteiger partial charge on any atom is 0.324 e. The highest BCUT2D eigenvalue weighted by Crippen LogP contribution is 2.44. The van der Waals surface area contributed by atoms with Gasteiger partial charge in [-0.2, -0.15) is 0 Å². The van der Waals surface area contributed by atoms with Gasteiger partial charge in [0.25, 0.3) is 0 Å². The number of hydrogen-bond acceptors (Lipinski definition) is 4. The van der Waals surface area contributed by atoms with Gasteiger partial charge in [-0.05, 0) is 26.3 Å². The largest absolute Gasteiger partial charge is 0.468 e. The molecule has 0 aromatic rings. The number of cyclic esters (lactones) is 1. The number of carbonyl (C=O) groups excluding carboxylic acids is 2. The van der Waals surface area contributed by atoms with Crippen LogP contribution in [0.4, 0.5) is 0 Å². The second-order valence-electron chi connectivity index (χ2n) is 4.40. The van der Waals surface area contributed by atoms with Crippen molar-refractivity contribution in [3.8, 4) is 0 Å². The second-order valence-corrected chi connectivity index (χ2v) is 4.40. The van der Waals surface area contributed by atoms with E-state index in [-0.39, 0.29) is 6.42 Å². The lowest BCUT2D eigenvalue weighted by Gasteiger charge is -2.23. The molecule has 0 N–H and O–H groups in total. The molecule has 0 aliphatic carbocycles. The molecule has 1 heterocycles. The van der Waals surface area contributed by atoms with Crippen LogP contribution in [0.5, 0.6) is 0 Å². The fraction of sp³-hybridized carbons (Fsp3) is 0.636. The van der Waals surface area contributed by atoms with E-state index >= 15 is 0 Å². The first-order chi connectivity index (χ1) is 6.76. The lowest BCUT2D eigenvalue weighted by Crippen LogP contribution is -2.34. The van der Waals surface area contributed by atoms with Crippen molar-refractivity contribution in [3.05, 3.63) is 12.2 Å². The SMILES string of the molecule is C=C(C)[C@@]1(C)C[C@@](C)(C(=O)OC)C(=O)O1. The second kappa shape index (κ2) is 3.36. The molecule has 84 valence electrons. The molecule has 1 rings (SSSR count). The Morgan fingerprint density at radius 2 is 2.07 bits per heavy atom. The summed E-state index contributed by atoms with van der Waals surface area (Å²) in [5, 5.41) is 0. The van der Waals surface area contributed by atoms with Gasteiger partial charge in [0.2, 0.25) is 0 Å². The lowest BCUT2D eigenvalue weighted by atomic mass is 9.80. The number of hydrogen-bond donors (Lipinski definition) is 0. The lowest BCUT2D eigenvalue weighted by molar-refractivity contribution is -0.162. The Kier molecular flexibility index (Phi) is 2.63. The summed E-state index contributed by atoms with van der Waals surface area (Å²) in [6.07, 6.45) is 0.279. The molecule has 0 saturated carbocycles. The average Bonchev–Trinajstić information content (AvgIpc) is 2.38. The van der Waals surface area contributed by atoms with Crippen LogP contribution >= 0.6 is 0 Å². The van der Waals surface area contributed by atoms with Crippen molar-refractivity contribution in [1.82, 2.24) is 0 Å². The van der Waals surface area contributed by atoms with Crippen LogP contribution in [0.1, 0.15) is 27.2 Å². The molecule has 0 bridgehead atoms. The Balaban J connectivity index is 3.04. The van der Waals surface area contributed by atoms with Crippen LogP contribution in [0.25, 0.3) is 0 Å². The molecule has 4 heteroatoms.